The van der Waals surface area contributed by atoms with Crippen LogP contribution < -0.4 is 16.0 Å². The van der Waals surface area contributed by atoms with Crippen molar-refractivity contribution in [3.8, 4) is 11.1 Å². The summed E-state index contributed by atoms with van der Waals surface area (Å²) >= 11 is 5.84. The topological polar surface area (TPSA) is 114 Å². The van der Waals surface area contributed by atoms with Gasteiger partial charge in [-0.15, -0.1) is 0 Å². The minimum atomic E-state index is -0.575. The summed E-state index contributed by atoms with van der Waals surface area (Å²) in [5.74, 6) is 0.254. The number of nitrogens with zero attached hydrogens (tertiary/aromatic N) is 4. The first-order valence-electron chi connectivity index (χ1n) is 9.76. The van der Waals surface area contributed by atoms with Gasteiger partial charge in [-0.3, -0.25) is 0 Å². The van der Waals surface area contributed by atoms with Crippen molar-refractivity contribution in [3.05, 3.63) is 54.0 Å². The van der Waals surface area contributed by atoms with Crippen molar-refractivity contribution in [1.29, 1.82) is 0 Å². The van der Waals surface area contributed by atoms with E-state index in [2.05, 4.69) is 35.9 Å². The van der Waals surface area contributed by atoms with E-state index in [1.165, 1.54) is 24.5 Å². The molecule has 0 aliphatic carbocycles. The average Bonchev–Trinajstić information content (AvgIpc) is 2.73. The van der Waals surface area contributed by atoms with E-state index in [1.54, 1.807) is 39.4 Å². The van der Waals surface area contributed by atoms with E-state index >= 15 is 0 Å². The summed E-state index contributed by atoms with van der Waals surface area (Å²) in [5, 5.41) is 8.83. The van der Waals surface area contributed by atoms with E-state index in [0.717, 1.165) is 0 Å². The number of hydrogen-bond acceptors (Lipinski definition) is 8. The lowest BCUT2D eigenvalue weighted by atomic mass is 10.1. The number of carbonyl (C=O) groups is 1. The molecule has 3 aromatic rings. The number of hydrogen-bond donors (Lipinski definition) is 3. The largest absolute Gasteiger partial charge is 0.444 e. The molecule has 0 aliphatic heterocycles. The Labute approximate surface area is 189 Å². The Balaban J connectivity index is 1.74. The normalized spacial score (nSPS) is 11.0. The number of benzene rings is 1. The van der Waals surface area contributed by atoms with E-state index in [-0.39, 0.29) is 11.0 Å². The molecule has 2 aromatic heterocycles. The first-order valence-corrected chi connectivity index (χ1v) is 10.1. The third kappa shape index (κ3) is 6.74. The Hall–Kier alpha value is -3.53. The number of aromatic nitrogens is 4. The highest BCUT2D eigenvalue weighted by Gasteiger charge is 2.16. The van der Waals surface area contributed by atoms with E-state index in [1.807, 2.05) is 0 Å². The molecule has 11 heteroatoms. The van der Waals surface area contributed by atoms with E-state index in [9.17, 15) is 9.18 Å². The molecule has 0 unspecified atom stereocenters. The van der Waals surface area contributed by atoms with Crippen molar-refractivity contribution in [2.24, 2.45) is 0 Å². The molecule has 0 spiro atoms. The molecular formula is C21H23ClFN7O2. The van der Waals surface area contributed by atoms with Crippen LogP contribution in [0.3, 0.4) is 0 Å². The summed E-state index contributed by atoms with van der Waals surface area (Å²) in [6, 6.07) is 4.22. The Morgan fingerprint density at radius 1 is 1.16 bits per heavy atom. The zero-order chi connectivity index (χ0) is 23.1. The van der Waals surface area contributed by atoms with Crippen LogP contribution in [0, 0.1) is 5.82 Å². The molecule has 0 radical (unpaired) electrons. The second-order valence-electron chi connectivity index (χ2n) is 7.69. The van der Waals surface area contributed by atoms with Crippen LogP contribution in [0.15, 0.2) is 43.1 Å². The monoisotopic (exact) mass is 459 g/mol. The van der Waals surface area contributed by atoms with Crippen LogP contribution in [0.5, 0.6) is 0 Å². The molecule has 1 aromatic carbocycles. The molecule has 0 bridgehead atoms. The fraction of sp³-hybridized carbons (Fsp3) is 0.286. The standard InChI is InChI=1S/C21H23ClFN7O2/c1-21(2,3)32-20(31)27-7-6-26-18-15(13-9-24-12-25-10-13)11-28-19(30-18)29-14-4-5-17(23)16(22)8-14/h4-5,8-12H,6-7H2,1-3H3,(H,27,31)(H2,26,28,29,30). The van der Waals surface area contributed by atoms with Gasteiger partial charge in [-0.25, -0.2) is 24.1 Å². The number of carbonyl (C=O) groups excluding carboxylic acids is 1. The molecule has 0 saturated heterocycles. The average molecular weight is 460 g/mol. The van der Waals surface area contributed by atoms with Crippen molar-refractivity contribution in [3.63, 3.8) is 0 Å². The van der Waals surface area contributed by atoms with Gasteiger partial charge in [-0.2, -0.15) is 4.98 Å². The quantitative estimate of drug-likeness (QED) is 0.445. The molecule has 0 aliphatic rings. The van der Waals surface area contributed by atoms with Crippen molar-refractivity contribution in [2.75, 3.05) is 23.7 Å². The highest BCUT2D eigenvalue weighted by atomic mass is 35.5. The third-order valence-electron chi connectivity index (χ3n) is 3.92. The maximum absolute atomic E-state index is 13.4. The molecule has 0 atom stereocenters. The maximum atomic E-state index is 13.4. The van der Waals surface area contributed by atoms with Crippen molar-refractivity contribution < 1.29 is 13.9 Å². The van der Waals surface area contributed by atoms with E-state index in [4.69, 9.17) is 16.3 Å². The molecule has 3 rings (SSSR count). The molecule has 0 saturated carbocycles. The number of nitrogens with one attached hydrogen (secondary N) is 3. The van der Waals surface area contributed by atoms with Gasteiger partial charge in [0.1, 0.15) is 23.6 Å². The lowest BCUT2D eigenvalue weighted by Gasteiger charge is -2.20. The van der Waals surface area contributed by atoms with Gasteiger partial charge < -0.3 is 20.7 Å². The van der Waals surface area contributed by atoms with Crippen LogP contribution in [0.1, 0.15) is 20.8 Å². The summed E-state index contributed by atoms with van der Waals surface area (Å²) in [7, 11) is 0. The first-order chi connectivity index (χ1) is 15.2. The Morgan fingerprint density at radius 2 is 1.91 bits per heavy atom. The number of ether oxygens (including phenoxy) is 1. The molecule has 3 N–H and O–H groups in total. The second kappa shape index (κ2) is 10.2. The molecule has 168 valence electrons. The smallest absolute Gasteiger partial charge is 0.407 e. The molecule has 32 heavy (non-hydrogen) atoms. The lowest BCUT2D eigenvalue weighted by Crippen LogP contribution is -2.35. The van der Waals surface area contributed by atoms with Gasteiger partial charge in [0.25, 0.3) is 0 Å². The SMILES string of the molecule is CC(C)(C)OC(=O)NCCNc1nc(Nc2ccc(F)c(Cl)c2)ncc1-c1cncnc1. The lowest BCUT2D eigenvalue weighted by molar-refractivity contribution is 0.0530. The summed E-state index contributed by atoms with van der Waals surface area (Å²) in [4.78, 5) is 28.7. The molecule has 9 nitrogen and oxygen atoms in total. The fourth-order valence-electron chi connectivity index (χ4n) is 2.59. The number of amides is 1. The Kier molecular flexibility index (Phi) is 7.37. The van der Waals surface area contributed by atoms with Gasteiger partial charge in [0, 0.05) is 48.5 Å². The summed E-state index contributed by atoms with van der Waals surface area (Å²) < 4.78 is 18.6. The second-order valence-corrected chi connectivity index (χ2v) is 8.10. The number of alkyl carbamates (subject to hydrolysis) is 1. The van der Waals surface area contributed by atoms with Gasteiger partial charge in [0.15, 0.2) is 0 Å². The predicted octanol–water partition coefficient (Wildman–Crippen LogP) is 4.41. The van der Waals surface area contributed by atoms with Crippen LogP contribution in [0.2, 0.25) is 5.02 Å². The number of halogens is 2. The van der Waals surface area contributed by atoms with Crippen molar-refractivity contribution in [1.82, 2.24) is 25.3 Å². The maximum Gasteiger partial charge on any atom is 0.407 e. The van der Waals surface area contributed by atoms with Gasteiger partial charge in [0.05, 0.1) is 5.02 Å². The first kappa shape index (κ1) is 23.1. The highest BCUT2D eigenvalue weighted by Crippen LogP contribution is 2.27. The number of anilines is 3. The minimum absolute atomic E-state index is 0.0142. The number of rotatable bonds is 7. The van der Waals surface area contributed by atoms with Crippen molar-refractivity contribution >= 4 is 35.1 Å². The zero-order valence-corrected chi connectivity index (χ0v) is 18.6. The van der Waals surface area contributed by atoms with Crippen molar-refractivity contribution in [2.45, 2.75) is 26.4 Å². The summed E-state index contributed by atoms with van der Waals surface area (Å²) in [5.41, 5.74) is 1.34. The van der Waals surface area contributed by atoms with Gasteiger partial charge in [-0.05, 0) is 39.0 Å². The molecule has 2 heterocycles. The molecule has 1 amide bonds. The molecular weight excluding hydrogens is 437 g/mol. The Morgan fingerprint density at radius 3 is 2.59 bits per heavy atom. The fourth-order valence-corrected chi connectivity index (χ4v) is 2.77. The zero-order valence-electron chi connectivity index (χ0n) is 17.8. The van der Waals surface area contributed by atoms with Crippen LogP contribution in [-0.2, 0) is 4.74 Å². The van der Waals surface area contributed by atoms with Crippen LogP contribution >= 0.6 is 11.6 Å². The summed E-state index contributed by atoms with van der Waals surface area (Å²) in [6.45, 7) is 6.06. The van der Waals surface area contributed by atoms with Crippen LogP contribution in [0.4, 0.5) is 26.6 Å². The van der Waals surface area contributed by atoms with E-state index < -0.39 is 17.5 Å². The van der Waals surface area contributed by atoms with Gasteiger partial charge in [-0.1, -0.05) is 11.6 Å². The van der Waals surface area contributed by atoms with Gasteiger partial charge in [0.2, 0.25) is 5.95 Å². The highest BCUT2D eigenvalue weighted by molar-refractivity contribution is 6.31. The van der Waals surface area contributed by atoms with Crippen LogP contribution in [-0.4, -0.2) is 44.7 Å². The van der Waals surface area contributed by atoms with Gasteiger partial charge >= 0.3 is 6.09 Å². The van der Waals surface area contributed by atoms with Crippen LogP contribution in [0.25, 0.3) is 11.1 Å². The molecule has 0 fully saturated rings. The van der Waals surface area contributed by atoms with E-state index in [0.29, 0.717) is 35.7 Å². The minimum Gasteiger partial charge on any atom is -0.444 e. The third-order valence-corrected chi connectivity index (χ3v) is 4.21. The predicted molar refractivity (Wildman–Crippen MR) is 120 cm³/mol. The Bertz CT molecular complexity index is 1080. The summed E-state index contributed by atoms with van der Waals surface area (Å²) in [6.07, 6.45) is 5.82.